The Morgan fingerprint density at radius 2 is 1.62 bits per heavy atom. The molecule has 11 heteroatoms. The number of esters is 2. The number of fused-ring (bicyclic) bond motifs is 8. The molecule has 16 atom stereocenters. The van der Waals surface area contributed by atoms with E-state index in [4.69, 9.17) is 33.2 Å². The average molecular weight is 675 g/mol. The van der Waals surface area contributed by atoms with Crippen molar-refractivity contribution < 1.29 is 52.3 Å². The Morgan fingerprint density at radius 3 is 2.27 bits per heavy atom. The van der Waals surface area contributed by atoms with E-state index >= 15 is 0 Å². The van der Waals surface area contributed by atoms with E-state index in [2.05, 4.69) is 6.08 Å². The van der Waals surface area contributed by atoms with Crippen molar-refractivity contribution >= 4 is 23.5 Å². The third kappa shape index (κ3) is 6.43. The smallest absolute Gasteiger partial charge is 0.306 e. The molecule has 2 aliphatic heterocycles. The van der Waals surface area contributed by atoms with E-state index in [-0.39, 0.29) is 95.9 Å². The Morgan fingerprint density at radius 1 is 0.917 bits per heavy atom. The summed E-state index contributed by atoms with van der Waals surface area (Å²) in [6.45, 7) is 7.15. The first kappa shape index (κ1) is 35.6. The van der Waals surface area contributed by atoms with E-state index in [1.807, 2.05) is 20.8 Å². The van der Waals surface area contributed by atoms with Gasteiger partial charge in [0.05, 0.1) is 24.5 Å². The van der Waals surface area contributed by atoms with Gasteiger partial charge < -0.3 is 33.2 Å². The largest absolute Gasteiger partial charge is 0.462 e. The van der Waals surface area contributed by atoms with Crippen LogP contribution in [-0.2, 0) is 52.3 Å². The van der Waals surface area contributed by atoms with E-state index < -0.39 is 30.4 Å². The predicted molar refractivity (Wildman–Crippen MR) is 171 cm³/mol. The molecule has 6 rings (SSSR count). The number of ketones is 2. The highest BCUT2D eigenvalue weighted by molar-refractivity contribution is 5.99. The molecule has 0 aromatic rings. The van der Waals surface area contributed by atoms with Crippen LogP contribution in [0.3, 0.4) is 0 Å². The van der Waals surface area contributed by atoms with Crippen molar-refractivity contribution in [2.24, 2.45) is 47.3 Å². The predicted octanol–water partition coefficient (Wildman–Crippen LogP) is 4.23. The van der Waals surface area contributed by atoms with Crippen LogP contribution in [0.5, 0.6) is 0 Å². The minimum atomic E-state index is -0.672. The van der Waals surface area contributed by atoms with Crippen LogP contribution in [0.4, 0.5) is 0 Å². The van der Waals surface area contributed by atoms with E-state index in [1.54, 1.807) is 21.3 Å². The number of methoxy groups -OCH3 is 3. The van der Waals surface area contributed by atoms with Crippen LogP contribution in [0.1, 0.15) is 79.1 Å². The molecule has 4 aliphatic carbocycles. The minimum absolute atomic E-state index is 0.0143. The average Bonchev–Trinajstić information content (AvgIpc) is 3.61. The number of Topliss-reactive ketones (excluding diaryl/α,β-unsaturated/α-hetero) is 2. The molecule has 268 valence electrons. The number of carbonyl (C=O) groups is 4. The van der Waals surface area contributed by atoms with Crippen molar-refractivity contribution in [3.8, 4) is 0 Å². The van der Waals surface area contributed by atoms with Gasteiger partial charge in [-0.3, -0.25) is 19.2 Å². The Bertz CT molecular complexity index is 1260. The van der Waals surface area contributed by atoms with Crippen molar-refractivity contribution in [1.29, 1.82) is 0 Å². The van der Waals surface area contributed by atoms with Gasteiger partial charge in [-0.2, -0.15) is 0 Å². The molecule has 0 aromatic heterocycles. The fourth-order valence-corrected chi connectivity index (χ4v) is 10.4. The lowest BCUT2D eigenvalue weighted by atomic mass is 9.49. The monoisotopic (exact) mass is 674 g/mol. The van der Waals surface area contributed by atoms with Gasteiger partial charge in [0, 0.05) is 46.5 Å². The molecule has 0 amide bonds. The van der Waals surface area contributed by atoms with Crippen LogP contribution in [0, 0.1) is 47.3 Å². The molecule has 0 bridgehead atoms. The number of cyclic esters (lactones) is 1. The quantitative estimate of drug-likeness (QED) is 0.360. The third-order valence-electron chi connectivity index (χ3n) is 12.6. The Balaban J connectivity index is 1.29. The number of allylic oxidation sites excluding steroid dienone is 2. The minimum Gasteiger partial charge on any atom is -0.462 e. The second-order valence-electron chi connectivity index (χ2n) is 15.1. The highest BCUT2D eigenvalue weighted by Gasteiger charge is 2.64. The fraction of sp³-hybridized carbons (Fsp3) is 0.838. The maximum absolute atomic E-state index is 14.3. The molecule has 0 aromatic carbocycles. The number of hydrogen-bond donors (Lipinski definition) is 0. The molecule has 6 aliphatic rings. The summed E-state index contributed by atoms with van der Waals surface area (Å²) < 4.78 is 41.9. The first-order chi connectivity index (χ1) is 23.0. The number of carbonyl (C=O) groups excluding carboxylic acids is 4. The molecule has 0 spiro atoms. The van der Waals surface area contributed by atoms with Crippen molar-refractivity contribution in [2.45, 2.75) is 128 Å². The van der Waals surface area contributed by atoms with Crippen LogP contribution >= 0.6 is 0 Å². The summed E-state index contributed by atoms with van der Waals surface area (Å²) in [5.74, 6) is -1.19. The highest BCUT2D eigenvalue weighted by Crippen LogP contribution is 2.65. The fourth-order valence-electron chi connectivity index (χ4n) is 10.4. The number of hydrogen-bond acceptors (Lipinski definition) is 11. The van der Waals surface area contributed by atoms with Gasteiger partial charge in [0.15, 0.2) is 12.1 Å². The Kier molecular flexibility index (Phi) is 10.8. The van der Waals surface area contributed by atoms with Crippen molar-refractivity contribution in [3.05, 3.63) is 11.6 Å². The summed E-state index contributed by atoms with van der Waals surface area (Å²) in [6.07, 6.45) is 3.53. The summed E-state index contributed by atoms with van der Waals surface area (Å²) in [6, 6.07) is 0. The molecule has 2 saturated heterocycles. The van der Waals surface area contributed by atoms with Gasteiger partial charge in [0.2, 0.25) is 0 Å². The first-order valence-electron chi connectivity index (χ1n) is 18.1. The topological polar surface area (TPSA) is 133 Å². The zero-order valence-corrected chi connectivity index (χ0v) is 29.5. The molecule has 0 radical (unpaired) electrons. The van der Waals surface area contributed by atoms with Gasteiger partial charge in [-0.15, -0.1) is 0 Å². The van der Waals surface area contributed by atoms with E-state index in [9.17, 15) is 19.2 Å². The van der Waals surface area contributed by atoms with Crippen molar-refractivity contribution in [3.63, 3.8) is 0 Å². The zero-order valence-electron chi connectivity index (χ0n) is 29.5. The molecule has 48 heavy (non-hydrogen) atoms. The lowest BCUT2D eigenvalue weighted by molar-refractivity contribution is -0.314. The van der Waals surface area contributed by atoms with Crippen LogP contribution in [-0.4, -0.2) is 93.9 Å². The van der Waals surface area contributed by atoms with Gasteiger partial charge in [-0.25, -0.2) is 0 Å². The Labute approximate surface area is 284 Å². The van der Waals surface area contributed by atoms with Crippen molar-refractivity contribution in [1.82, 2.24) is 0 Å². The Hall–Kier alpha value is -2.18. The maximum Gasteiger partial charge on any atom is 0.306 e. The molecular formula is C37H54O11. The highest BCUT2D eigenvalue weighted by atomic mass is 16.7. The van der Waals surface area contributed by atoms with Crippen LogP contribution < -0.4 is 0 Å². The summed E-state index contributed by atoms with van der Waals surface area (Å²) >= 11 is 0. The van der Waals surface area contributed by atoms with E-state index in [0.717, 1.165) is 0 Å². The number of ether oxygens (including phenoxy) is 7. The van der Waals surface area contributed by atoms with E-state index in [0.29, 0.717) is 50.5 Å². The molecule has 0 unspecified atom stereocenters. The van der Waals surface area contributed by atoms with Crippen LogP contribution in [0.15, 0.2) is 11.6 Å². The van der Waals surface area contributed by atoms with Crippen molar-refractivity contribution in [2.75, 3.05) is 21.3 Å². The van der Waals surface area contributed by atoms with Gasteiger partial charge in [-0.05, 0) is 80.6 Å². The second-order valence-corrected chi connectivity index (χ2v) is 15.1. The summed E-state index contributed by atoms with van der Waals surface area (Å²) in [7, 11) is 4.87. The maximum atomic E-state index is 14.3. The lowest BCUT2D eigenvalue weighted by Gasteiger charge is -2.54. The lowest BCUT2D eigenvalue weighted by Crippen LogP contribution is -2.59. The molecule has 3 saturated carbocycles. The third-order valence-corrected chi connectivity index (χ3v) is 12.6. The zero-order chi connectivity index (χ0) is 34.4. The van der Waals surface area contributed by atoms with Gasteiger partial charge in [0.25, 0.3) is 0 Å². The van der Waals surface area contributed by atoms with Crippen LogP contribution in [0.2, 0.25) is 0 Å². The second kappa shape index (κ2) is 14.6. The SMILES string of the molecule is CC[C@H]1CCC[C@H](OC(C)=O)[C@@H](C)C(=O)C2=C[C@H]3[C@@H]4C[C@H](O[C@@H]5O[C@@H](C)[C@H](OC)[C@@H](OC)[C@H]5OC)C[C@H]4[C@@H]4C(=O)C[C@@H]4[C@H]3[C@@H]2CC(=O)O1. The molecule has 0 N–H and O–H groups in total. The standard InChI is InChI=1S/C37H54O11/c1-8-20-10-9-11-29(46-19(4)38)17(2)33(41)26-14-24-22-12-21(48-37-36(44-7)35(43-6)34(42-5)18(3)45-37)13-23(22)32-27(15-28(32)39)31(24)25(26)16-30(40)47-20/h14,17-18,20-25,27,29,31-32,34-37H,8-13,15-16H2,1-7H3/t17-,18+,20+,21+,22-,23-,24+,25-,27-,29+,31-,32+,34+,35-,36-,37+/m1/s1. The van der Waals surface area contributed by atoms with Gasteiger partial charge in [-0.1, -0.05) is 19.9 Å². The summed E-state index contributed by atoms with van der Waals surface area (Å²) in [4.78, 5) is 53.2. The molecule has 2 heterocycles. The van der Waals surface area contributed by atoms with E-state index in [1.165, 1.54) is 6.92 Å². The first-order valence-corrected chi connectivity index (χ1v) is 18.1. The summed E-state index contributed by atoms with van der Waals surface area (Å²) in [5.41, 5.74) is 0.640. The molecular weight excluding hydrogens is 620 g/mol. The number of rotatable bonds is 7. The van der Waals surface area contributed by atoms with Crippen LogP contribution in [0.25, 0.3) is 0 Å². The molecule has 5 fully saturated rings. The summed E-state index contributed by atoms with van der Waals surface area (Å²) in [5, 5.41) is 0. The molecule has 11 nitrogen and oxygen atoms in total. The normalized spacial score (nSPS) is 46.1. The van der Waals surface area contributed by atoms with Gasteiger partial charge >= 0.3 is 11.9 Å². The van der Waals surface area contributed by atoms with Gasteiger partial charge in [0.1, 0.15) is 36.3 Å².